The molecule has 0 fully saturated rings. The number of aromatic amines is 1. The van der Waals surface area contributed by atoms with E-state index in [1.807, 2.05) is 18.2 Å². The van der Waals surface area contributed by atoms with Crippen molar-refractivity contribution in [3.8, 4) is 0 Å². The molecule has 1 heterocycles. The van der Waals surface area contributed by atoms with Gasteiger partial charge in [-0.15, -0.1) is 0 Å². The molecule has 0 aliphatic carbocycles. The summed E-state index contributed by atoms with van der Waals surface area (Å²) in [5.41, 5.74) is 3.01. The first-order valence-corrected chi connectivity index (χ1v) is 6.99. The fourth-order valence-corrected chi connectivity index (χ4v) is 2.55. The number of halogens is 1. The van der Waals surface area contributed by atoms with Gasteiger partial charge in [0, 0.05) is 11.3 Å². The lowest BCUT2D eigenvalue weighted by atomic mass is 9.92. The highest BCUT2D eigenvalue weighted by molar-refractivity contribution is 5.78. The Kier molecular flexibility index (Phi) is 4.14. The Morgan fingerprint density at radius 3 is 2.82 bits per heavy atom. The second-order valence-corrected chi connectivity index (χ2v) is 5.17. The van der Waals surface area contributed by atoms with E-state index in [2.05, 4.69) is 10.2 Å². The number of carbonyl (C=O) groups is 1. The summed E-state index contributed by atoms with van der Waals surface area (Å²) in [6.07, 6.45) is 2.42. The predicted molar refractivity (Wildman–Crippen MR) is 81.0 cm³/mol. The molecule has 22 heavy (non-hydrogen) atoms. The minimum absolute atomic E-state index is 0.00922. The fourth-order valence-electron chi connectivity index (χ4n) is 2.55. The molecule has 0 saturated heterocycles. The second kappa shape index (κ2) is 6.39. The van der Waals surface area contributed by atoms with Gasteiger partial charge in [-0.05, 0) is 41.8 Å². The molecule has 0 spiro atoms. The van der Waals surface area contributed by atoms with Crippen molar-refractivity contribution in [2.45, 2.75) is 12.3 Å². The van der Waals surface area contributed by atoms with Crippen molar-refractivity contribution in [3.63, 3.8) is 0 Å². The number of nitrogens with zero attached hydrogens (tertiary/aromatic N) is 1. The number of carbonyl (C=O) groups excluding carboxylic acids is 1. The zero-order chi connectivity index (χ0) is 15.4. The predicted octanol–water partition coefficient (Wildman–Crippen LogP) is 3.20. The first-order chi connectivity index (χ1) is 10.8. The van der Waals surface area contributed by atoms with E-state index >= 15 is 0 Å². The highest BCUT2D eigenvalue weighted by atomic mass is 19.1. The Bertz CT molecular complexity index is 768. The molecule has 3 rings (SSSR count). The summed E-state index contributed by atoms with van der Waals surface area (Å²) < 4.78 is 18.0. The van der Waals surface area contributed by atoms with Crippen LogP contribution in [0.1, 0.15) is 17.0 Å². The Hall–Kier alpha value is -2.69. The molecular formula is C17H15FN2O2. The van der Waals surface area contributed by atoms with Crippen molar-refractivity contribution in [1.82, 2.24) is 10.2 Å². The molecule has 0 amide bonds. The van der Waals surface area contributed by atoms with Gasteiger partial charge >= 0.3 is 0 Å². The number of benzene rings is 2. The first-order valence-electron chi connectivity index (χ1n) is 6.99. The number of H-pyrrole nitrogens is 1. The monoisotopic (exact) mass is 298 g/mol. The van der Waals surface area contributed by atoms with Crippen molar-refractivity contribution >= 4 is 17.4 Å². The van der Waals surface area contributed by atoms with E-state index in [9.17, 15) is 9.18 Å². The molecule has 1 unspecified atom stereocenters. The van der Waals surface area contributed by atoms with Crippen LogP contribution < -0.4 is 0 Å². The Balaban J connectivity index is 1.87. The Labute approximate surface area is 126 Å². The van der Waals surface area contributed by atoms with Gasteiger partial charge in [0.15, 0.2) is 0 Å². The zero-order valence-corrected chi connectivity index (χ0v) is 11.8. The minimum Gasteiger partial charge on any atom is -0.467 e. The maximum absolute atomic E-state index is 13.0. The SMILES string of the molecule is O=COCC(Cc1ccc(F)cc1)c1ccc2[nH]ncc2c1. The summed E-state index contributed by atoms with van der Waals surface area (Å²) in [4.78, 5) is 10.5. The number of rotatable bonds is 6. The molecule has 1 aromatic heterocycles. The molecule has 1 N–H and O–H groups in total. The van der Waals surface area contributed by atoms with E-state index in [1.165, 1.54) is 12.1 Å². The lowest BCUT2D eigenvalue weighted by Gasteiger charge is -2.16. The van der Waals surface area contributed by atoms with Gasteiger partial charge in [0.25, 0.3) is 6.47 Å². The van der Waals surface area contributed by atoms with E-state index in [4.69, 9.17) is 4.74 Å². The van der Waals surface area contributed by atoms with Gasteiger partial charge in [-0.1, -0.05) is 18.2 Å². The van der Waals surface area contributed by atoms with E-state index < -0.39 is 0 Å². The van der Waals surface area contributed by atoms with E-state index in [1.54, 1.807) is 18.3 Å². The molecule has 1 atom stereocenters. The standard InChI is InChI=1S/C17H15FN2O2/c18-16-4-1-12(2-5-16)7-15(10-22-11-21)13-3-6-17-14(8-13)9-19-20-17/h1-6,8-9,11,15H,7,10H2,(H,19,20). The lowest BCUT2D eigenvalue weighted by molar-refractivity contribution is -0.129. The third-order valence-corrected chi connectivity index (χ3v) is 3.70. The van der Waals surface area contributed by atoms with E-state index in [0.29, 0.717) is 12.9 Å². The van der Waals surface area contributed by atoms with Crippen LogP contribution in [0, 0.1) is 5.82 Å². The maximum atomic E-state index is 13.0. The number of hydrogen-bond acceptors (Lipinski definition) is 3. The number of aromatic nitrogens is 2. The highest BCUT2D eigenvalue weighted by Gasteiger charge is 2.14. The van der Waals surface area contributed by atoms with Gasteiger partial charge < -0.3 is 4.74 Å². The molecular weight excluding hydrogens is 283 g/mol. The van der Waals surface area contributed by atoms with Crippen LogP contribution in [0.15, 0.2) is 48.7 Å². The largest absolute Gasteiger partial charge is 0.467 e. The second-order valence-electron chi connectivity index (χ2n) is 5.17. The van der Waals surface area contributed by atoms with Crippen molar-refractivity contribution in [2.75, 3.05) is 6.61 Å². The van der Waals surface area contributed by atoms with Crippen molar-refractivity contribution < 1.29 is 13.9 Å². The summed E-state index contributed by atoms with van der Waals surface area (Å²) >= 11 is 0. The third kappa shape index (κ3) is 3.14. The van der Waals surface area contributed by atoms with Crippen LogP contribution in [0.5, 0.6) is 0 Å². The summed E-state index contributed by atoms with van der Waals surface area (Å²) in [6.45, 7) is 0.734. The molecule has 0 bridgehead atoms. The first kappa shape index (κ1) is 14.3. The smallest absolute Gasteiger partial charge is 0.293 e. The number of fused-ring (bicyclic) bond motifs is 1. The van der Waals surface area contributed by atoms with Gasteiger partial charge in [-0.3, -0.25) is 9.89 Å². The quantitative estimate of drug-likeness (QED) is 0.711. The summed E-state index contributed by atoms with van der Waals surface area (Å²) in [6, 6.07) is 12.3. The van der Waals surface area contributed by atoms with Crippen molar-refractivity contribution in [1.29, 1.82) is 0 Å². The van der Waals surface area contributed by atoms with Crippen molar-refractivity contribution in [3.05, 3.63) is 65.6 Å². The number of nitrogens with one attached hydrogen (secondary N) is 1. The normalized spacial score (nSPS) is 12.2. The van der Waals surface area contributed by atoms with Gasteiger partial charge in [-0.2, -0.15) is 5.10 Å². The topological polar surface area (TPSA) is 55.0 Å². The molecule has 5 heteroatoms. The fraction of sp³-hybridized carbons (Fsp3) is 0.176. The average Bonchev–Trinajstić information content (AvgIpc) is 3.01. The van der Waals surface area contributed by atoms with Crippen LogP contribution in [-0.4, -0.2) is 23.3 Å². The van der Waals surface area contributed by atoms with Crippen LogP contribution in [0.2, 0.25) is 0 Å². The van der Waals surface area contributed by atoms with Gasteiger partial charge in [0.05, 0.1) is 18.3 Å². The highest BCUT2D eigenvalue weighted by Crippen LogP contribution is 2.24. The maximum Gasteiger partial charge on any atom is 0.293 e. The number of ether oxygens (including phenoxy) is 1. The van der Waals surface area contributed by atoms with Gasteiger partial charge in [0.2, 0.25) is 0 Å². The Morgan fingerprint density at radius 1 is 1.23 bits per heavy atom. The molecule has 0 radical (unpaired) electrons. The molecule has 0 saturated carbocycles. The average molecular weight is 298 g/mol. The van der Waals surface area contributed by atoms with Crippen molar-refractivity contribution in [2.24, 2.45) is 0 Å². The summed E-state index contributed by atoms with van der Waals surface area (Å²) in [7, 11) is 0. The Morgan fingerprint density at radius 2 is 2.05 bits per heavy atom. The molecule has 2 aromatic carbocycles. The summed E-state index contributed by atoms with van der Waals surface area (Å²) in [5, 5.41) is 7.92. The third-order valence-electron chi connectivity index (χ3n) is 3.70. The van der Waals surface area contributed by atoms with Gasteiger partial charge in [0.1, 0.15) is 5.82 Å². The van der Waals surface area contributed by atoms with Crippen LogP contribution in [0.4, 0.5) is 4.39 Å². The van der Waals surface area contributed by atoms with Crippen LogP contribution in [0.25, 0.3) is 10.9 Å². The number of hydrogen-bond donors (Lipinski definition) is 1. The van der Waals surface area contributed by atoms with Gasteiger partial charge in [-0.25, -0.2) is 4.39 Å². The van der Waals surface area contributed by atoms with Crippen LogP contribution in [0.3, 0.4) is 0 Å². The van der Waals surface area contributed by atoms with Crippen LogP contribution >= 0.6 is 0 Å². The molecule has 3 aromatic rings. The molecule has 0 aliphatic heterocycles. The molecule has 112 valence electrons. The van der Waals surface area contributed by atoms with E-state index in [0.717, 1.165) is 22.0 Å². The lowest BCUT2D eigenvalue weighted by Crippen LogP contribution is -2.10. The zero-order valence-electron chi connectivity index (χ0n) is 11.8. The molecule has 4 nitrogen and oxygen atoms in total. The molecule has 0 aliphatic rings. The van der Waals surface area contributed by atoms with E-state index in [-0.39, 0.29) is 18.3 Å². The van der Waals surface area contributed by atoms with Crippen LogP contribution in [-0.2, 0) is 16.0 Å². The minimum atomic E-state index is -0.260. The summed E-state index contributed by atoms with van der Waals surface area (Å²) in [5.74, 6) is -0.251.